The van der Waals surface area contributed by atoms with Gasteiger partial charge in [-0.25, -0.2) is 15.0 Å². The second-order valence-electron chi connectivity index (χ2n) is 12.7. The van der Waals surface area contributed by atoms with E-state index in [9.17, 15) is 0 Å². The number of aryl methyl sites for hydroxylation is 1. The number of thiophene rings is 1. The number of hydrogen-bond acceptors (Lipinski definition) is 4. The van der Waals surface area contributed by atoms with Crippen molar-refractivity contribution in [1.29, 1.82) is 0 Å². The molecule has 0 radical (unpaired) electrons. The molecule has 0 bridgehead atoms. The highest BCUT2D eigenvalue weighted by atomic mass is 32.1. The van der Waals surface area contributed by atoms with Crippen LogP contribution in [0.15, 0.2) is 152 Å². The van der Waals surface area contributed by atoms with Gasteiger partial charge in [0.05, 0.1) is 11.0 Å². The molecule has 0 spiro atoms. The lowest BCUT2D eigenvalue weighted by molar-refractivity contribution is 1.02. The summed E-state index contributed by atoms with van der Waals surface area (Å²) >= 11 is 1.94. The summed E-state index contributed by atoms with van der Waals surface area (Å²) in [6.07, 6.45) is 6.85. The van der Waals surface area contributed by atoms with Crippen LogP contribution in [0.25, 0.3) is 88.9 Å². The fourth-order valence-corrected chi connectivity index (χ4v) is 8.57. The molecule has 4 nitrogen and oxygen atoms in total. The molecule has 1 aliphatic rings. The van der Waals surface area contributed by atoms with Gasteiger partial charge >= 0.3 is 0 Å². The van der Waals surface area contributed by atoms with Gasteiger partial charge in [0.15, 0.2) is 17.5 Å². The van der Waals surface area contributed by atoms with Crippen LogP contribution in [0.1, 0.15) is 16.9 Å². The molecule has 1 aliphatic carbocycles. The molecule has 10 rings (SSSR count). The number of allylic oxidation sites excluding steroid dienone is 1. The normalized spacial score (nSPS) is 12.6. The van der Waals surface area contributed by atoms with E-state index in [1.165, 1.54) is 42.3 Å². The summed E-state index contributed by atoms with van der Waals surface area (Å²) in [6, 6.07) is 51.1. The summed E-state index contributed by atoms with van der Waals surface area (Å²) in [5.41, 5.74) is 10.0. The van der Waals surface area contributed by atoms with Crippen molar-refractivity contribution in [3.8, 4) is 51.0 Å². The Labute approximate surface area is 293 Å². The average molecular weight is 659 g/mol. The molecule has 3 aromatic heterocycles. The van der Waals surface area contributed by atoms with Gasteiger partial charge in [-0.15, -0.1) is 11.3 Å². The Balaban J connectivity index is 1.19. The Morgan fingerprint density at radius 1 is 0.520 bits per heavy atom. The standard InChI is InChI=1S/C45H30N4S/c1-3-13-29(14-4-1)31-17-11-18-32(27-31)44-46-43(30-15-5-2-6-16-30)47-45(48-44)33-19-12-20-34(28-33)49-38-23-9-7-21-35(38)36-25-26-40-41(42(36)49)37-22-8-10-24-39(37)50-40/h1-9,11-23,25-28H,10,24H2. The summed E-state index contributed by atoms with van der Waals surface area (Å²) in [4.78, 5) is 16.7. The molecule has 5 heteroatoms. The van der Waals surface area contributed by atoms with Crippen LogP contribution in [0.4, 0.5) is 0 Å². The predicted octanol–water partition coefficient (Wildman–Crippen LogP) is 11.8. The zero-order chi connectivity index (χ0) is 33.0. The monoisotopic (exact) mass is 658 g/mol. The molecule has 9 aromatic rings. The average Bonchev–Trinajstić information content (AvgIpc) is 3.74. The lowest BCUT2D eigenvalue weighted by atomic mass is 10.0. The van der Waals surface area contributed by atoms with Gasteiger partial charge in [0.25, 0.3) is 0 Å². The number of nitrogens with zero attached hydrogens (tertiary/aromatic N) is 4. The van der Waals surface area contributed by atoms with E-state index in [1.807, 2.05) is 35.6 Å². The smallest absolute Gasteiger partial charge is 0.164 e. The van der Waals surface area contributed by atoms with Gasteiger partial charge in [0.1, 0.15) is 0 Å². The van der Waals surface area contributed by atoms with Crippen molar-refractivity contribution >= 4 is 49.3 Å². The first-order valence-electron chi connectivity index (χ1n) is 17.0. The molecule has 0 saturated carbocycles. The lowest BCUT2D eigenvalue weighted by Crippen LogP contribution is -2.01. The summed E-state index contributed by atoms with van der Waals surface area (Å²) in [7, 11) is 0. The van der Waals surface area contributed by atoms with Crippen molar-refractivity contribution in [2.24, 2.45) is 0 Å². The Hall–Kier alpha value is -6.17. The first-order valence-corrected chi connectivity index (χ1v) is 17.8. The maximum atomic E-state index is 5.14. The molecule has 3 heterocycles. The largest absolute Gasteiger partial charge is 0.309 e. The van der Waals surface area contributed by atoms with Crippen molar-refractivity contribution in [3.05, 3.63) is 162 Å². The second kappa shape index (κ2) is 11.8. The van der Waals surface area contributed by atoms with Crippen LogP contribution < -0.4 is 0 Å². The van der Waals surface area contributed by atoms with Gasteiger partial charge in [-0.3, -0.25) is 0 Å². The molecule has 0 N–H and O–H groups in total. The summed E-state index contributed by atoms with van der Waals surface area (Å²) in [5.74, 6) is 1.94. The maximum absolute atomic E-state index is 5.14. The van der Waals surface area contributed by atoms with Gasteiger partial charge in [-0.1, -0.05) is 127 Å². The number of rotatable bonds is 5. The van der Waals surface area contributed by atoms with Crippen molar-refractivity contribution < 1.29 is 0 Å². The van der Waals surface area contributed by atoms with Gasteiger partial charge < -0.3 is 4.57 Å². The van der Waals surface area contributed by atoms with Gasteiger partial charge in [-0.05, 0) is 59.9 Å². The van der Waals surface area contributed by atoms with Crippen molar-refractivity contribution in [3.63, 3.8) is 0 Å². The molecule has 0 atom stereocenters. The molecule has 0 aliphatic heterocycles. The van der Waals surface area contributed by atoms with E-state index >= 15 is 0 Å². The first-order chi connectivity index (χ1) is 24.8. The van der Waals surface area contributed by atoms with Crippen LogP contribution in [-0.2, 0) is 6.42 Å². The number of benzene rings is 6. The van der Waals surface area contributed by atoms with E-state index < -0.39 is 0 Å². The highest BCUT2D eigenvalue weighted by Crippen LogP contribution is 2.44. The van der Waals surface area contributed by atoms with Gasteiger partial charge in [0, 0.05) is 48.1 Å². The van der Waals surface area contributed by atoms with Crippen molar-refractivity contribution in [2.75, 3.05) is 0 Å². The minimum Gasteiger partial charge on any atom is -0.309 e. The summed E-state index contributed by atoms with van der Waals surface area (Å²) < 4.78 is 3.77. The van der Waals surface area contributed by atoms with Crippen LogP contribution in [0.2, 0.25) is 0 Å². The van der Waals surface area contributed by atoms with E-state index in [1.54, 1.807) is 0 Å². The minimum absolute atomic E-state index is 0.641. The van der Waals surface area contributed by atoms with Crippen LogP contribution in [-0.4, -0.2) is 19.5 Å². The topological polar surface area (TPSA) is 43.6 Å². The number of para-hydroxylation sites is 1. The molecule has 0 fully saturated rings. The van der Waals surface area contributed by atoms with E-state index in [-0.39, 0.29) is 0 Å². The molecule has 0 unspecified atom stereocenters. The predicted molar refractivity (Wildman–Crippen MR) is 209 cm³/mol. The van der Waals surface area contributed by atoms with Crippen LogP contribution >= 0.6 is 11.3 Å². The minimum atomic E-state index is 0.641. The highest BCUT2D eigenvalue weighted by Gasteiger charge is 2.21. The number of aromatic nitrogens is 4. The fraction of sp³-hybridized carbons (Fsp3) is 0.0444. The van der Waals surface area contributed by atoms with E-state index in [0.717, 1.165) is 46.3 Å². The van der Waals surface area contributed by atoms with Crippen molar-refractivity contribution in [1.82, 2.24) is 19.5 Å². The fourth-order valence-electron chi connectivity index (χ4n) is 7.36. The third kappa shape index (κ3) is 4.78. The summed E-state index contributed by atoms with van der Waals surface area (Å²) in [6.45, 7) is 0. The quantitative estimate of drug-likeness (QED) is 0.185. The molecular formula is C45H30N4S. The van der Waals surface area contributed by atoms with Crippen LogP contribution in [0.3, 0.4) is 0 Å². The Kier molecular flexibility index (Phi) is 6.78. The van der Waals surface area contributed by atoms with E-state index in [0.29, 0.717) is 17.5 Å². The molecule has 50 heavy (non-hydrogen) atoms. The zero-order valence-corrected chi connectivity index (χ0v) is 27.9. The highest BCUT2D eigenvalue weighted by molar-refractivity contribution is 7.19. The Morgan fingerprint density at radius 3 is 1.96 bits per heavy atom. The van der Waals surface area contributed by atoms with Crippen LogP contribution in [0.5, 0.6) is 0 Å². The number of hydrogen-bond donors (Lipinski definition) is 0. The third-order valence-electron chi connectivity index (χ3n) is 9.68. The van der Waals surface area contributed by atoms with E-state index in [4.69, 9.17) is 15.0 Å². The lowest BCUT2D eigenvalue weighted by Gasteiger charge is -2.13. The maximum Gasteiger partial charge on any atom is 0.164 e. The van der Waals surface area contributed by atoms with Gasteiger partial charge in [0.2, 0.25) is 0 Å². The SMILES string of the molecule is C1=Cc2c(sc3ccc4c5ccccc5n(-c5cccc(-c6nc(-c7ccccc7)nc(-c7cccc(-c8ccccc8)c7)n6)c5)c4c23)CC1. The summed E-state index contributed by atoms with van der Waals surface area (Å²) in [5, 5.41) is 3.86. The molecular weight excluding hydrogens is 629 g/mol. The molecule has 0 saturated heterocycles. The second-order valence-corrected chi connectivity index (χ2v) is 13.9. The number of fused-ring (bicyclic) bond motifs is 7. The van der Waals surface area contributed by atoms with Crippen LogP contribution in [0, 0.1) is 0 Å². The molecule has 6 aromatic carbocycles. The molecule has 236 valence electrons. The zero-order valence-electron chi connectivity index (χ0n) is 27.1. The Morgan fingerprint density at radius 2 is 1.16 bits per heavy atom. The first kappa shape index (κ1) is 28.8. The van der Waals surface area contributed by atoms with Gasteiger partial charge in [-0.2, -0.15) is 0 Å². The van der Waals surface area contributed by atoms with E-state index in [2.05, 4.69) is 138 Å². The third-order valence-corrected chi connectivity index (χ3v) is 10.9. The van der Waals surface area contributed by atoms with Crippen molar-refractivity contribution in [2.45, 2.75) is 12.8 Å². The Bertz CT molecular complexity index is 2760. The molecule has 0 amide bonds.